The molecule has 0 radical (unpaired) electrons. The van der Waals surface area contributed by atoms with Gasteiger partial charge in [0.1, 0.15) is 0 Å². The predicted octanol–water partition coefficient (Wildman–Crippen LogP) is 2.30. The van der Waals surface area contributed by atoms with Gasteiger partial charge in [-0.3, -0.25) is 4.79 Å². The van der Waals surface area contributed by atoms with Gasteiger partial charge in [0, 0.05) is 19.5 Å². The molecule has 0 bridgehead atoms. The topological polar surface area (TPSA) is 46.3 Å². The zero-order chi connectivity index (χ0) is 13.8. The van der Waals surface area contributed by atoms with Gasteiger partial charge in [-0.15, -0.1) is 0 Å². The van der Waals surface area contributed by atoms with Crippen LogP contribution in [0.2, 0.25) is 0 Å². The van der Waals surface area contributed by atoms with Crippen molar-refractivity contribution in [1.29, 1.82) is 0 Å². The number of aryl methyl sites for hydroxylation is 1. The van der Waals surface area contributed by atoms with Crippen molar-refractivity contribution >= 4 is 5.91 Å². The zero-order valence-corrected chi connectivity index (χ0v) is 11.9. The molecule has 0 unspecified atom stereocenters. The summed E-state index contributed by atoms with van der Waals surface area (Å²) in [5.74, 6) is 1.05. The first-order valence-electron chi connectivity index (χ1n) is 7.15. The summed E-state index contributed by atoms with van der Waals surface area (Å²) in [6.07, 6.45) is 1.66. The molecule has 104 valence electrons. The van der Waals surface area contributed by atoms with Gasteiger partial charge >= 0.3 is 0 Å². The van der Waals surface area contributed by atoms with E-state index in [2.05, 4.69) is 26.0 Å². The molecule has 2 rings (SSSR count). The lowest BCUT2D eigenvalue weighted by Gasteiger charge is -2.20. The van der Waals surface area contributed by atoms with Crippen LogP contribution >= 0.6 is 0 Å². The SMILES string of the molecule is Cc1ccccc1[C@@H](C)CC(=O)N1CC[C@@H](CN)C1. The number of nitrogens with zero attached hydrogens (tertiary/aromatic N) is 1. The molecule has 1 aliphatic heterocycles. The van der Waals surface area contributed by atoms with E-state index in [1.165, 1.54) is 11.1 Å². The van der Waals surface area contributed by atoms with Crippen LogP contribution in [0.3, 0.4) is 0 Å². The van der Waals surface area contributed by atoms with Crippen molar-refractivity contribution < 1.29 is 4.79 Å². The van der Waals surface area contributed by atoms with E-state index in [9.17, 15) is 4.79 Å². The zero-order valence-electron chi connectivity index (χ0n) is 11.9. The fourth-order valence-electron chi connectivity index (χ4n) is 2.89. The number of likely N-dealkylation sites (tertiary alicyclic amines) is 1. The molecule has 0 saturated carbocycles. The summed E-state index contributed by atoms with van der Waals surface area (Å²) in [6.45, 7) is 6.65. The van der Waals surface area contributed by atoms with E-state index in [-0.39, 0.29) is 11.8 Å². The van der Waals surface area contributed by atoms with E-state index in [1.807, 2.05) is 17.0 Å². The lowest BCUT2D eigenvalue weighted by atomic mass is 9.93. The van der Waals surface area contributed by atoms with Gasteiger partial charge in [0.05, 0.1) is 0 Å². The molecule has 0 aliphatic carbocycles. The van der Waals surface area contributed by atoms with Gasteiger partial charge in [0.15, 0.2) is 0 Å². The Bertz CT molecular complexity index is 444. The van der Waals surface area contributed by atoms with Crippen LogP contribution in [-0.4, -0.2) is 30.4 Å². The fourth-order valence-corrected chi connectivity index (χ4v) is 2.89. The van der Waals surface area contributed by atoms with Crippen LogP contribution in [0.5, 0.6) is 0 Å². The van der Waals surface area contributed by atoms with Crippen molar-refractivity contribution in [1.82, 2.24) is 4.90 Å². The highest BCUT2D eigenvalue weighted by atomic mass is 16.2. The minimum Gasteiger partial charge on any atom is -0.342 e. The van der Waals surface area contributed by atoms with Crippen LogP contribution in [0.15, 0.2) is 24.3 Å². The summed E-state index contributed by atoms with van der Waals surface area (Å²) < 4.78 is 0. The molecule has 2 N–H and O–H groups in total. The smallest absolute Gasteiger partial charge is 0.223 e. The molecule has 0 aromatic heterocycles. The van der Waals surface area contributed by atoms with Crippen LogP contribution in [0.4, 0.5) is 0 Å². The number of nitrogens with two attached hydrogens (primary N) is 1. The molecule has 3 nitrogen and oxygen atoms in total. The van der Waals surface area contributed by atoms with Gasteiger partial charge in [-0.25, -0.2) is 0 Å². The van der Waals surface area contributed by atoms with Gasteiger partial charge < -0.3 is 10.6 Å². The number of hydrogen-bond acceptors (Lipinski definition) is 2. The number of carbonyl (C=O) groups is 1. The molecule has 1 amide bonds. The Labute approximate surface area is 115 Å². The first kappa shape index (κ1) is 14.1. The first-order chi connectivity index (χ1) is 9.11. The second-order valence-corrected chi connectivity index (χ2v) is 5.69. The third kappa shape index (κ3) is 3.35. The molecule has 1 fully saturated rings. The monoisotopic (exact) mass is 260 g/mol. The normalized spacial score (nSPS) is 20.6. The molecule has 1 aliphatic rings. The van der Waals surface area contributed by atoms with E-state index in [0.29, 0.717) is 18.9 Å². The first-order valence-corrected chi connectivity index (χ1v) is 7.15. The second kappa shape index (κ2) is 6.20. The quantitative estimate of drug-likeness (QED) is 0.903. The molecule has 0 spiro atoms. The minimum atomic E-state index is 0.270. The highest BCUT2D eigenvalue weighted by Gasteiger charge is 2.26. The number of benzene rings is 1. The molecule has 1 aromatic rings. The van der Waals surface area contributed by atoms with Gasteiger partial charge in [-0.05, 0) is 42.9 Å². The van der Waals surface area contributed by atoms with E-state index in [4.69, 9.17) is 5.73 Å². The molecule has 19 heavy (non-hydrogen) atoms. The van der Waals surface area contributed by atoms with Crippen LogP contribution in [0, 0.1) is 12.8 Å². The molecule has 1 aromatic carbocycles. The molecular weight excluding hydrogens is 236 g/mol. The Morgan fingerprint density at radius 2 is 2.21 bits per heavy atom. The number of rotatable bonds is 4. The van der Waals surface area contributed by atoms with E-state index in [1.54, 1.807) is 0 Å². The summed E-state index contributed by atoms with van der Waals surface area (Å²) in [5, 5.41) is 0. The summed E-state index contributed by atoms with van der Waals surface area (Å²) >= 11 is 0. The maximum atomic E-state index is 12.3. The number of hydrogen-bond donors (Lipinski definition) is 1. The fraction of sp³-hybridized carbons (Fsp3) is 0.562. The van der Waals surface area contributed by atoms with Crippen molar-refractivity contribution in [3.05, 3.63) is 35.4 Å². The van der Waals surface area contributed by atoms with Crippen molar-refractivity contribution in [3.63, 3.8) is 0 Å². The standard InChI is InChI=1S/C16H24N2O/c1-12-5-3-4-6-15(12)13(2)9-16(19)18-8-7-14(10-17)11-18/h3-6,13-14H,7-11,17H2,1-2H3/t13-,14-/m0/s1. The Hall–Kier alpha value is -1.35. The van der Waals surface area contributed by atoms with Gasteiger partial charge in [0.2, 0.25) is 5.91 Å². The lowest BCUT2D eigenvalue weighted by Crippen LogP contribution is -2.30. The molecular formula is C16H24N2O. The maximum Gasteiger partial charge on any atom is 0.223 e. The van der Waals surface area contributed by atoms with Gasteiger partial charge in [-0.1, -0.05) is 31.2 Å². The van der Waals surface area contributed by atoms with E-state index in [0.717, 1.165) is 19.5 Å². The average Bonchev–Trinajstić information content (AvgIpc) is 2.88. The minimum absolute atomic E-state index is 0.270. The van der Waals surface area contributed by atoms with E-state index >= 15 is 0 Å². The van der Waals surface area contributed by atoms with Gasteiger partial charge in [-0.2, -0.15) is 0 Å². The Morgan fingerprint density at radius 3 is 2.84 bits per heavy atom. The summed E-state index contributed by atoms with van der Waals surface area (Å²) in [5.41, 5.74) is 8.22. The summed E-state index contributed by atoms with van der Waals surface area (Å²) in [6, 6.07) is 8.32. The maximum absolute atomic E-state index is 12.3. The highest BCUT2D eigenvalue weighted by Crippen LogP contribution is 2.24. The average molecular weight is 260 g/mol. The Morgan fingerprint density at radius 1 is 1.47 bits per heavy atom. The van der Waals surface area contributed by atoms with Gasteiger partial charge in [0.25, 0.3) is 0 Å². The molecule has 2 atom stereocenters. The van der Waals surface area contributed by atoms with Crippen molar-refractivity contribution in [2.24, 2.45) is 11.7 Å². The van der Waals surface area contributed by atoms with Crippen LogP contribution in [0.1, 0.15) is 36.8 Å². The van der Waals surface area contributed by atoms with Crippen LogP contribution in [0.25, 0.3) is 0 Å². The van der Waals surface area contributed by atoms with Crippen LogP contribution in [-0.2, 0) is 4.79 Å². The molecule has 1 saturated heterocycles. The largest absolute Gasteiger partial charge is 0.342 e. The lowest BCUT2D eigenvalue weighted by molar-refractivity contribution is -0.130. The van der Waals surface area contributed by atoms with Crippen molar-refractivity contribution in [3.8, 4) is 0 Å². The highest BCUT2D eigenvalue weighted by molar-refractivity contribution is 5.77. The van der Waals surface area contributed by atoms with E-state index < -0.39 is 0 Å². The summed E-state index contributed by atoms with van der Waals surface area (Å²) in [4.78, 5) is 14.3. The van der Waals surface area contributed by atoms with Crippen molar-refractivity contribution in [2.45, 2.75) is 32.6 Å². The third-order valence-corrected chi connectivity index (χ3v) is 4.17. The summed E-state index contributed by atoms with van der Waals surface area (Å²) in [7, 11) is 0. The second-order valence-electron chi connectivity index (χ2n) is 5.69. The number of carbonyl (C=O) groups excluding carboxylic acids is 1. The third-order valence-electron chi connectivity index (χ3n) is 4.17. The Kier molecular flexibility index (Phi) is 4.59. The molecule has 3 heteroatoms. The number of amides is 1. The predicted molar refractivity (Wildman–Crippen MR) is 78.0 cm³/mol. The van der Waals surface area contributed by atoms with Crippen molar-refractivity contribution in [2.75, 3.05) is 19.6 Å². The van der Waals surface area contributed by atoms with Crippen LogP contribution < -0.4 is 5.73 Å². The Balaban J connectivity index is 1.94. The molecule has 1 heterocycles.